The summed E-state index contributed by atoms with van der Waals surface area (Å²) in [6, 6.07) is 14.9. The van der Waals surface area contributed by atoms with Crippen molar-refractivity contribution in [1.29, 1.82) is 0 Å². The number of halogens is 1. The molecule has 1 aromatic heterocycles. The summed E-state index contributed by atoms with van der Waals surface area (Å²) in [5.41, 5.74) is 1.63. The number of carbonyl (C=O) groups is 1. The first-order valence-corrected chi connectivity index (χ1v) is 9.08. The molecule has 0 aliphatic carbocycles. The zero-order valence-corrected chi connectivity index (χ0v) is 16.2. The fourth-order valence-corrected chi connectivity index (χ4v) is 3.20. The highest BCUT2D eigenvalue weighted by Gasteiger charge is 2.13. The number of hydrogen-bond donors (Lipinski definition) is 1. The summed E-state index contributed by atoms with van der Waals surface area (Å²) in [4.78, 5) is 16.7. The summed E-state index contributed by atoms with van der Waals surface area (Å²) in [5, 5.41) is 3.01. The Bertz CT molecular complexity index is 890. The minimum atomic E-state index is -0.121. The molecular formula is C20H20BrN3O2. The zero-order valence-electron chi connectivity index (χ0n) is 14.6. The number of carbonyl (C=O) groups excluding carboxylic acids is 1. The number of rotatable bonds is 6. The predicted octanol–water partition coefficient (Wildman–Crippen LogP) is 4.25. The Hall–Kier alpha value is -2.60. The molecule has 1 amide bonds. The maximum absolute atomic E-state index is 12.5. The number of hydrogen-bond acceptors (Lipinski definition) is 3. The molecule has 0 saturated carbocycles. The van der Waals surface area contributed by atoms with Gasteiger partial charge in [0.25, 0.3) is 5.91 Å². The lowest BCUT2D eigenvalue weighted by atomic mass is 10.1. The molecule has 0 aliphatic heterocycles. The monoisotopic (exact) mass is 413 g/mol. The quantitative estimate of drug-likeness (QED) is 0.656. The lowest BCUT2D eigenvalue weighted by molar-refractivity contribution is 0.0939. The first-order chi connectivity index (χ1) is 12.5. The molecule has 0 unspecified atom stereocenters. The Kier molecular flexibility index (Phi) is 5.73. The van der Waals surface area contributed by atoms with Crippen molar-refractivity contribution in [2.45, 2.75) is 19.6 Å². The van der Waals surface area contributed by atoms with Gasteiger partial charge in [-0.15, -0.1) is 0 Å². The highest BCUT2D eigenvalue weighted by atomic mass is 79.9. The lowest BCUT2D eigenvalue weighted by Gasteiger charge is -2.16. The molecule has 0 radical (unpaired) electrons. The second-order valence-corrected chi connectivity index (χ2v) is 6.84. The van der Waals surface area contributed by atoms with E-state index in [2.05, 4.69) is 26.2 Å². The number of nitrogens with zero attached hydrogens (tertiary/aromatic N) is 2. The SMILES string of the molecule is C[C@@H](NC(=O)c1ccc(OCc2nccn2C)cc1)c1ccccc1Br. The van der Waals surface area contributed by atoms with Crippen LogP contribution in [0.4, 0.5) is 0 Å². The van der Waals surface area contributed by atoms with Crippen LogP contribution in [0.1, 0.15) is 34.7 Å². The molecule has 0 bridgehead atoms. The molecule has 5 nitrogen and oxygen atoms in total. The molecule has 0 spiro atoms. The minimum absolute atomic E-state index is 0.0996. The van der Waals surface area contributed by atoms with E-state index >= 15 is 0 Å². The van der Waals surface area contributed by atoms with Crippen molar-refractivity contribution in [2.24, 2.45) is 7.05 Å². The molecule has 3 aromatic rings. The highest BCUT2D eigenvalue weighted by molar-refractivity contribution is 9.10. The Labute approximate surface area is 161 Å². The molecule has 1 N–H and O–H groups in total. The Morgan fingerprint density at radius 3 is 2.62 bits per heavy atom. The second-order valence-electron chi connectivity index (χ2n) is 5.98. The van der Waals surface area contributed by atoms with Gasteiger partial charge < -0.3 is 14.6 Å². The maximum atomic E-state index is 12.5. The van der Waals surface area contributed by atoms with E-state index in [9.17, 15) is 4.79 Å². The molecular weight excluding hydrogens is 394 g/mol. The third-order valence-corrected chi connectivity index (χ3v) is 4.85. The van der Waals surface area contributed by atoms with Gasteiger partial charge in [-0.1, -0.05) is 34.1 Å². The highest BCUT2D eigenvalue weighted by Crippen LogP contribution is 2.23. The van der Waals surface area contributed by atoms with Crippen molar-refractivity contribution in [3.8, 4) is 5.75 Å². The fourth-order valence-electron chi connectivity index (χ4n) is 2.57. The topological polar surface area (TPSA) is 56.1 Å². The van der Waals surface area contributed by atoms with Crippen molar-refractivity contribution in [3.05, 3.63) is 82.3 Å². The largest absolute Gasteiger partial charge is 0.486 e. The van der Waals surface area contributed by atoms with Crippen LogP contribution in [0.25, 0.3) is 0 Å². The normalized spacial score (nSPS) is 11.8. The molecule has 0 saturated heterocycles. The van der Waals surface area contributed by atoms with Gasteiger partial charge in [0.15, 0.2) is 0 Å². The number of benzene rings is 2. The van der Waals surface area contributed by atoms with E-state index in [1.165, 1.54) is 0 Å². The van der Waals surface area contributed by atoms with Gasteiger partial charge in [-0.25, -0.2) is 4.98 Å². The smallest absolute Gasteiger partial charge is 0.251 e. The minimum Gasteiger partial charge on any atom is -0.486 e. The van der Waals surface area contributed by atoms with E-state index in [0.717, 1.165) is 15.9 Å². The van der Waals surface area contributed by atoms with Crippen LogP contribution in [-0.2, 0) is 13.7 Å². The van der Waals surface area contributed by atoms with Gasteiger partial charge in [-0.2, -0.15) is 0 Å². The summed E-state index contributed by atoms with van der Waals surface area (Å²) < 4.78 is 8.60. The molecule has 0 aliphatic rings. The van der Waals surface area contributed by atoms with E-state index in [4.69, 9.17) is 4.74 Å². The number of aryl methyl sites for hydroxylation is 1. The van der Waals surface area contributed by atoms with Gasteiger partial charge in [0.2, 0.25) is 0 Å². The number of ether oxygens (including phenoxy) is 1. The molecule has 6 heteroatoms. The van der Waals surface area contributed by atoms with Crippen LogP contribution in [0.15, 0.2) is 65.4 Å². The standard InChI is InChI=1S/C20H20BrN3O2/c1-14(17-5-3-4-6-18(17)21)23-20(25)15-7-9-16(10-8-15)26-13-19-22-11-12-24(19)2/h3-12,14H,13H2,1-2H3,(H,23,25)/t14-/m1/s1. The van der Waals surface area contributed by atoms with E-state index in [0.29, 0.717) is 17.9 Å². The fraction of sp³-hybridized carbons (Fsp3) is 0.200. The Balaban J connectivity index is 1.60. The average molecular weight is 414 g/mol. The van der Waals surface area contributed by atoms with Crippen LogP contribution >= 0.6 is 15.9 Å². The van der Waals surface area contributed by atoms with Crippen molar-refractivity contribution >= 4 is 21.8 Å². The van der Waals surface area contributed by atoms with Gasteiger partial charge in [-0.05, 0) is 42.8 Å². The van der Waals surface area contributed by atoms with Gasteiger partial charge in [0.1, 0.15) is 18.2 Å². The van der Waals surface area contributed by atoms with Crippen molar-refractivity contribution < 1.29 is 9.53 Å². The molecule has 26 heavy (non-hydrogen) atoms. The second kappa shape index (κ2) is 8.19. The van der Waals surface area contributed by atoms with Crippen LogP contribution < -0.4 is 10.1 Å². The van der Waals surface area contributed by atoms with Crippen LogP contribution in [0.3, 0.4) is 0 Å². The Morgan fingerprint density at radius 2 is 1.96 bits per heavy atom. The first kappa shape index (κ1) is 18.2. The van der Waals surface area contributed by atoms with Gasteiger partial charge >= 0.3 is 0 Å². The molecule has 0 fully saturated rings. The van der Waals surface area contributed by atoms with E-state index < -0.39 is 0 Å². The molecule has 2 aromatic carbocycles. The third-order valence-electron chi connectivity index (χ3n) is 4.12. The molecule has 1 heterocycles. The van der Waals surface area contributed by atoms with Crippen molar-refractivity contribution in [3.63, 3.8) is 0 Å². The van der Waals surface area contributed by atoms with E-state index in [1.807, 2.05) is 49.0 Å². The number of imidazole rings is 1. The van der Waals surface area contributed by atoms with Gasteiger partial charge in [0.05, 0.1) is 6.04 Å². The summed E-state index contributed by atoms with van der Waals surface area (Å²) in [6.45, 7) is 2.34. The zero-order chi connectivity index (χ0) is 18.5. The van der Waals surface area contributed by atoms with Gasteiger partial charge in [-0.3, -0.25) is 4.79 Å². The Morgan fingerprint density at radius 1 is 1.23 bits per heavy atom. The van der Waals surface area contributed by atoms with Gasteiger partial charge in [0, 0.05) is 29.5 Å². The van der Waals surface area contributed by atoms with E-state index in [-0.39, 0.29) is 11.9 Å². The summed E-state index contributed by atoms with van der Waals surface area (Å²) >= 11 is 3.52. The summed E-state index contributed by atoms with van der Waals surface area (Å²) in [5.74, 6) is 1.42. The number of nitrogens with one attached hydrogen (secondary N) is 1. The van der Waals surface area contributed by atoms with E-state index in [1.54, 1.807) is 30.5 Å². The predicted molar refractivity (Wildman–Crippen MR) is 104 cm³/mol. The lowest BCUT2D eigenvalue weighted by Crippen LogP contribution is -2.26. The summed E-state index contributed by atoms with van der Waals surface area (Å²) in [7, 11) is 1.92. The maximum Gasteiger partial charge on any atom is 0.251 e. The number of amides is 1. The van der Waals surface area contributed by atoms with Crippen molar-refractivity contribution in [1.82, 2.24) is 14.9 Å². The average Bonchev–Trinajstić information content (AvgIpc) is 3.05. The third kappa shape index (κ3) is 4.32. The number of aromatic nitrogens is 2. The molecule has 134 valence electrons. The summed E-state index contributed by atoms with van der Waals surface area (Å²) in [6.07, 6.45) is 3.61. The molecule has 1 atom stereocenters. The molecule has 3 rings (SSSR count). The van der Waals surface area contributed by atoms with Crippen LogP contribution in [0, 0.1) is 0 Å². The van der Waals surface area contributed by atoms with Crippen LogP contribution in [0.2, 0.25) is 0 Å². The first-order valence-electron chi connectivity index (χ1n) is 8.29. The van der Waals surface area contributed by atoms with Crippen LogP contribution in [0.5, 0.6) is 5.75 Å². The van der Waals surface area contributed by atoms with Crippen molar-refractivity contribution in [2.75, 3.05) is 0 Å². The van der Waals surface area contributed by atoms with Crippen LogP contribution in [-0.4, -0.2) is 15.5 Å².